The average Bonchev–Trinajstić information content (AvgIpc) is 3.04. The molecule has 0 radical (unpaired) electrons. The van der Waals surface area contributed by atoms with Crippen LogP contribution in [0.25, 0.3) is 0 Å². The molecule has 0 bridgehead atoms. The first kappa shape index (κ1) is 18.8. The molecule has 1 N–H and O–H groups in total. The number of benzene rings is 1. The summed E-state index contributed by atoms with van der Waals surface area (Å²) >= 11 is 0. The Kier molecular flexibility index (Phi) is 6.25. The van der Waals surface area contributed by atoms with E-state index in [1.807, 2.05) is 0 Å². The predicted octanol–water partition coefficient (Wildman–Crippen LogP) is 3.96. The van der Waals surface area contributed by atoms with Gasteiger partial charge in [0.1, 0.15) is 12.4 Å². The zero-order valence-corrected chi connectivity index (χ0v) is 14.9. The number of cyclic esters (lactones) is 1. The molecule has 0 aromatic heterocycles. The molecule has 1 aromatic carbocycles. The van der Waals surface area contributed by atoms with E-state index >= 15 is 0 Å². The molecule has 1 aliphatic carbocycles. The van der Waals surface area contributed by atoms with E-state index < -0.39 is 12.2 Å². The summed E-state index contributed by atoms with van der Waals surface area (Å²) in [5.41, 5.74) is 0.625. The zero-order valence-electron chi connectivity index (χ0n) is 14.9. The van der Waals surface area contributed by atoms with Gasteiger partial charge in [-0.25, -0.2) is 14.1 Å². The smallest absolute Gasteiger partial charge is 0.416 e. The van der Waals surface area contributed by atoms with Crippen molar-refractivity contribution in [3.63, 3.8) is 0 Å². The van der Waals surface area contributed by atoms with Gasteiger partial charge >= 0.3 is 6.09 Å². The van der Waals surface area contributed by atoms with Crippen LogP contribution in [-0.4, -0.2) is 34.7 Å². The molecule has 6 heteroatoms. The van der Waals surface area contributed by atoms with Gasteiger partial charge in [0.05, 0.1) is 12.1 Å². The Balaban J connectivity index is 1.51. The molecule has 2 amide bonds. The summed E-state index contributed by atoms with van der Waals surface area (Å²) in [7, 11) is 0. The molecule has 1 saturated heterocycles. The van der Waals surface area contributed by atoms with Crippen LogP contribution in [0.15, 0.2) is 24.3 Å². The lowest BCUT2D eigenvalue weighted by atomic mass is 9.83. The van der Waals surface area contributed by atoms with E-state index in [-0.39, 0.29) is 24.2 Å². The van der Waals surface area contributed by atoms with Crippen LogP contribution in [-0.2, 0) is 9.53 Å². The fraction of sp³-hybridized carbons (Fsp3) is 0.600. The second-order valence-corrected chi connectivity index (χ2v) is 7.27. The van der Waals surface area contributed by atoms with Crippen molar-refractivity contribution in [1.82, 2.24) is 4.90 Å². The molecule has 2 atom stereocenters. The third-order valence-electron chi connectivity index (χ3n) is 5.49. The van der Waals surface area contributed by atoms with Crippen molar-refractivity contribution < 1.29 is 23.8 Å². The lowest BCUT2D eigenvalue weighted by Crippen LogP contribution is -2.43. The number of imide groups is 1. The van der Waals surface area contributed by atoms with Crippen LogP contribution in [0.4, 0.5) is 9.18 Å². The predicted molar refractivity (Wildman–Crippen MR) is 93.8 cm³/mol. The first-order chi connectivity index (χ1) is 12.6. The fourth-order valence-corrected chi connectivity index (χ4v) is 4.01. The Hall–Kier alpha value is -1.95. The molecular weight excluding hydrogens is 337 g/mol. The Morgan fingerprint density at radius 3 is 2.62 bits per heavy atom. The first-order valence-electron chi connectivity index (χ1n) is 9.48. The minimum absolute atomic E-state index is 0.141. The Morgan fingerprint density at radius 2 is 1.92 bits per heavy atom. The van der Waals surface area contributed by atoms with Crippen molar-refractivity contribution in [2.75, 3.05) is 6.61 Å². The molecule has 1 saturated carbocycles. The van der Waals surface area contributed by atoms with Gasteiger partial charge in [-0.3, -0.25) is 4.79 Å². The average molecular weight is 363 g/mol. The number of aliphatic hydroxyl groups excluding tert-OH is 1. The minimum Gasteiger partial charge on any atom is -0.447 e. The first-order valence-corrected chi connectivity index (χ1v) is 9.48. The summed E-state index contributed by atoms with van der Waals surface area (Å²) < 4.78 is 18.1. The van der Waals surface area contributed by atoms with Crippen LogP contribution in [0.5, 0.6) is 0 Å². The number of carbonyl (C=O) groups is 2. The second kappa shape index (κ2) is 8.62. The van der Waals surface area contributed by atoms with Gasteiger partial charge in [-0.15, -0.1) is 0 Å². The lowest BCUT2D eigenvalue weighted by molar-refractivity contribution is -0.130. The number of amides is 2. The van der Waals surface area contributed by atoms with Crippen molar-refractivity contribution >= 4 is 12.0 Å². The molecule has 1 heterocycles. The van der Waals surface area contributed by atoms with E-state index in [4.69, 9.17) is 4.74 Å². The summed E-state index contributed by atoms with van der Waals surface area (Å²) in [6, 6.07) is 5.55. The van der Waals surface area contributed by atoms with Crippen molar-refractivity contribution in [3.8, 4) is 0 Å². The summed E-state index contributed by atoms with van der Waals surface area (Å²) in [5.74, 6) is -0.240. The van der Waals surface area contributed by atoms with Crippen LogP contribution < -0.4 is 0 Å². The van der Waals surface area contributed by atoms with Crippen molar-refractivity contribution in [1.29, 1.82) is 0 Å². The second-order valence-electron chi connectivity index (χ2n) is 7.27. The van der Waals surface area contributed by atoms with Gasteiger partial charge in [0.2, 0.25) is 5.91 Å². The zero-order chi connectivity index (χ0) is 18.5. The van der Waals surface area contributed by atoms with E-state index in [0.29, 0.717) is 30.9 Å². The standard InChI is InChI=1S/C20H26FNO4/c21-16-11-9-15(10-12-16)18(23)7-4-8-19(24)22-17(13-26-20(22)25)14-5-2-1-3-6-14/h9-12,14,17-18,23H,1-8,13H2/t17-,18?/m1/s1. The highest BCUT2D eigenvalue weighted by Crippen LogP contribution is 2.32. The van der Waals surface area contributed by atoms with E-state index in [9.17, 15) is 19.1 Å². The third-order valence-corrected chi connectivity index (χ3v) is 5.49. The van der Waals surface area contributed by atoms with Crippen LogP contribution in [0.1, 0.15) is 63.0 Å². The number of halogens is 1. The van der Waals surface area contributed by atoms with Gasteiger partial charge in [-0.2, -0.15) is 0 Å². The molecule has 1 aliphatic heterocycles. The Bertz CT molecular complexity index is 627. The molecule has 142 valence electrons. The van der Waals surface area contributed by atoms with Crippen molar-refractivity contribution in [2.24, 2.45) is 5.92 Å². The van der Waals surface area contributed by atoms with Gasteiger partial charge in [-0.1, -0.05) is 31.4 Å². The molecule has 0 spiro atoms. The molecule has 5 nitrogen and oxygen atoms in total. The van der Waals surface area contributed by atoms with Crippen molar-refractivity contribution in [3.05, 3.63) is 35.6 Å². The highest BCUT2D eigenvalue weighted by Gasteiger charge is 2.42. The molecule has 26 heavy (non-hydrogen) atoms. The minimum atomic E-state index is -0.747. The molecule has 3 rings (SSSR count). The van der Waals surface area contributed by atoms with Gasteiger partial charge in [0, 0.05) is 6.42 Å². The van der Waals surface area contributed by atoms with Gasteiger partial charge in [0.25, 0.3) is 0 Å². The van der Waals surface area contributed by atoms with Crippen molar-refractivity contribution in [2.45, 2.75) is 63.5 Å². The maximum Gasteiger partial charge on any atom is 0.416 e. The number of ether oxygens (including phenoxy) is 1. The normalized spacial score (nSPS) is 22.3. The van der Waals surface area contributed by atoms with E-state index in [0.717, 1.165) is 25.7 Å². The van der Waals surface area contributed by atoms with E-state index in [1.54, 1.807) is 12.1 Å². The molecule has 2 fully saturated rings. The maximum atomic E-state index is 12.9. The fourth-order valence-electron chi connectivity index (χ4n) is 4.01. The SMILES string of the molecule is O=C(CCCC(O)c1ccc(F)cc1)N1C(=O)OC[C@@H]1C1CCCCC1. The van der Waals surface area contributed by atoms with Gasteiger partial charge < -0.3 is 9.84 Å². The van der Waals surface area contributed by atoms with E-state index in [1.165, 1.54) is 23.5 Å². The number of nitrogens with zero attached hydrogens (tertiary/aromatic N) is 1. The lowest BCUT2D eigenvalue weighted by Gasteiger charge is -2.30. The third kappa shape index (κ3) is 4.41. The summed E-state index contributed by atoms with van der Waals surface area (Å²) in [5, 5.41) is 10.2. The van der Waals surface area contributed by atoms with Gasteiger partial charge in [0.15, 0.2) is 0 Å². The highest BCUT2D eigenvalue weighted by molar-refractivity contribution is 5.93. The van der Waals surface area contributed by atoms with E-state index in [2.05, 4.69) is 0 Å². The van der Waals surface area contributed by atoms with Crippen LogP contribution in [0, 0.1) is 11.7 Å². The maximum absolute atomic E-state index is 12.9. The van der Waals surface area contributed by atoms with Gasteiger partial charge in [-0.05, 0) is 49.3 Å². The summed E-state index contributed by atoms with van der Waals surface area (Å²) in [4.78, 5) is 25.9. The number of rotatable bonds is 6. The van der Waals surface area contributed by atoms with Crippen LogP contribution in [0.2, 0.25) is 0 Å². The molecule has 1 unspecified atom stereocenters. The topological polar surface area (TPSA) is 66.8 Å². The molecule has 2 aliphatic rings. The van der Waals surface area contributed by atoms with Crippen LogP contribution >= 0.6 is 0 Å². The summed E-state index contributed by atoms with van der Waals surface area (Å²) in [6.07, 6.45) is 5.31. The summed E-state index contributed by atoms with van der Waals surface area (Å²) in [6.45, 7) is 0.299. The Labute approximate surface area is 153 Å². The largest absolute Gasteiger partial charge is 0.447 e. The monoisotopic (exact) mass is 363 g/mol. The number of hydrogen-bond acceptors (Lipinski definition) is 4. The molecule has 1 aromatic rings. The number of aliphatic hydroxyl groups is 1. The number of carbonyl (C=O) groups excluding carboxylic acids is 2. The quantitative estimate of drug-likeness (QED) is 0.831. The van der Waals surface area contributed by atoms with Crippen LogP contribution in [0.3, 0.4) is 0 Å². The highest BCUT2D eigenvalue weighted by atomic mass is 19.1. The molecular formula is C20H26FNO4. The number of hydrogen-bond donors (Lipinski definition) is 1. The Morgan fingerprint density at radius 1 is 1.23 bits per heavy atom.